The van der Waals surface area contributed by atoms with Gasteiger partial charge in [0.05, 0.1) is 12.6 Å². The lowest BCUT2D eigenvalue weighted by molar-refractivity contribution is -0.172. The highest BCUT2D eigenvalue weighted by Crippen LogP contribution is 2.28. The summed E-state index contributed by atoms with van der Waals surface area (Å²) in [4.78, 5) is 43.1. The number of alkyl halides is 3. The Morgan fingerprint density at radius 2 is 1.85 bits per heavy atom. The highest BCUT2D eigenvalue weighted by Gasteiger charge is 2.41. The van der Waals surface area contributed by atoms with Crippen molar-refractivity contribution in [2.45, 2.75) is 71.1 Å². The van der Waals surface area contributed by atoms with Crippen molar-refractivity contribution < 1.29 is 46.9 Å². The number of aliphatic hydroxyl groups excluding tert-OH is 1. The molecule has 2 atom stereocenters. The van der Waals surface area contributed by atoms with Crippen molar-refractivity contribution in [1.29, 1.82) is 0 Å². The van der Waals surface area contributed by atoms with Crippen LogP contribution >= 0.6 is 0 Å². The molecule has 1 aromatic rings. The summed E-state index contributed by atoms with van der Waals surface area (Å²) in [6, 6.07) is 4.38. The molecule has 0 spiro atoms. The van der Waals surface area contributed by atoms with Crippen LogP contribution in [0.15, 0.2) is 23.2 Å². The molecule has 2 N–H and O–H groups in total. The van der Waals surface area contributed by atoms with Crippen molar-refractivity contribution in [3.05, 3.63) is 29.3 Å². The first-order valence-corrected chi connectivity index (χ1v) is 12.4. The first-order valence-electron chi connectivity index (χ1n) is 12.4. The number of hydrogen-bond donors (Lipinski definition) is 2. The third kappa shape index (κ3) is 8.47. The van der Waals surface area contributed by atoms with Crippen LogP contribution in [0.5, 0.6) is 5.75 Å². The smallest absolute Gasteiger partial charge is 0.471 e. The van der Waals surface area contributed by atoms with Crippen LogP contribution < -0.4 is 10.1 Å². The number of nitrogens with one attached hydrogen (secondary N) is 1. The van der Waals surface area contributed by atoms with E-state index in [2.05, 4.69) is 4.99 Å². The number of hydrogen-bond acceptors (Lipinski definition) is 8. The number of carbonyl (C=O) groups is 3. The van der Waals surface area contributed by atoms with Crippen LogP contribution in [0.1, 0.15) is 45.2 Å². The maximum absolute atomic E-state index is 13.1. The molecule has 11 nitrogen and oxygen atoms in total. The number of amides is 2. The SMILES string of the molecule is CCOC(=O)[C@H](O)COc1ccc2c(c1)CN(C(=N[C@@H]1CCN(C(=O)OC(C)(C)C)C1)NC(=O)C(F)(F)F)C2. The molecular formula is C25H33F3N4O7. The predicted octanol–water partition coefficient (Wildman–Crippen LogP) is 2.35. The molecule has 0 saturated carbocycles. The Morgan fingerprint density at radius 3 is 2.49 bits per heavy atom. The van der Waals surface area contributed by atoms with Gasteiger partial charge >= 0.3 is 24.1 Å². The highest BCUT2D eigenvalue weighted by molar-refractivity contribution is 5.99. The lowest BCUT2D eigenvalue weighted by atomic mass is 10.1. The number of likely N-dealkylation sites (tertiary alicyclic amines) is 1. The molecule has 14 heteroatoms. The number of halogens is 3. The first kappa shape index (κ1) is 30.0. The molecule has 0 aliphatic carbocycles. The number of nitrogens with zero attached hydrogens (tertiary/aromatic N) is 3. The molecule has 1 aromatic carbocycles. The average molecular weight is 559 g/mol. The Bertz CT molecular complexity index is 1100. The van der Waals surface area contributed by atoms with Gasteiger partial charge in [0.1, 0.15) is 18.0 Å². The van der Waals surface area contributed by atoms with Crippen LogP contribution in [0.25, 0.3) is 0 Å². The van der Waals surface area contributed by atoms with E-state index in [1.807, 2.05) is 5.32 Å². The highest BCUT2D eigenvalue weighted by atomic mass is 19.4. The van der Waals surface area contributed by atoms with Gasteiger partial charge in [0.25, 0.3) is 0 Å². The third-order valence-electron chi connectivity index (χ3n) is 5.77. The van der Waals surface area contributed by atoms with Crippen LogP contribution in [0.2, 0.25) is 0 Å². The second-order valence-corrected chi connectivity index (χ2v) is 10.1. The fourth-order valence-corrected chi connectivity index (χ4v) is 3.97. The maximum atomic E-state index is 13.1. The molecule has 39 heavy (non-hydrogen) atoms. The van der Waals surface area contributed by atoms with Gasteiger partial charge in [-0.1, -0.05) is 6.07 Å². The summed E-state index contributed by atoms with van der Waals surface area (Å²) in [7, 11) is 0. The normalized spacial score (nSPS) is 18.5. The van der Waals surface area contributed by atoms with E-state index in [0.29, 0.717) is 24.3 Å². The number of rotatable bonds is 6. The number of guanidine groups is 1. The number of benzene rings is 1. The van der Waals surface area contributed by atoms with Crippen molar-refractivity contribution in [3.63, 3.8) is 0 Å². The topological polar surface area (TPSA) is 130 Å². The average Bonchev–Trinajstić information content (AvgIpc) is 3.47. The van der Waals surface area contributed by atoms with Gasteiger partial charge in [0.15, 0.2) is 6.10 Å². The molecular weight excluding hydrogens is 525 g/mol. The van der Waals surface area contributed by atoms with E-state index in [0.717, 1.165) is 5.56 Å². The molecule has 0 bridgehead atoms. The third-order valence-corrected chi connectivity index (χ3v) is 5.77. The number of esters is 1. The Hall–Kier alpha value is -3.55. The number of fused-ring (bicyclic) bond motifs is 1. The molecule has 1 fully saturated rings. The van der Waals surface area contributed by atoms with E-state index >= 15 is 0 Å². The van der Waals surface area contributed by atoms with Gasteiger partial charge in [-0.05, 0) is 57.4 Å². The molecule has 0 aromatic heterocycles. The summed E-state index contributed by atoms with van der Waals surface area (Å²) in [6.07, 6.45) is -6.76. The van der Waals surface area contributed by atoms with Crippen LogP contribution in [0.4, 0.5) is 18.0 Å². The minimum atomic E-state index is -5.12. The van der Waals surface area contributed by atoms with Gasteiger partial charge in [0, 0.05) is 26.2 Å². The Morgan fingerprint density at radius 1 is 1.15 bits per heavy atom. The standard InChI is InChI=1S/C25H33F3N4O7/c1-5-37-20(34)19(33)14-38-18-7-6-15-11-32(12-16(15)10-18)22(30-21(35)25(26,27)28)29-17-8-9-31(13-17)23(36)39-24(2,3)4/h6-7,10,17,19,33H,5,8-9,11-14H2,1-4H3,(H,29,30,35)/t17-,19-/m1/s1. The molecule has 2 aliphatic rings. The molecule has 1 saturated heterocycles. The Balaban J connectivity index is 1.72. The summed E-state index contributed by atoms with van der Waals surface area (Å²) in [5, 5.41) is 11.7. The Labute approximate surface area is 223 Å². The number of carbonyl (C=O) groups excluding carboxylic acids is 3. The lowest BCUT2D eigenvalue weighted by Gasteiger charge is -2.24. The molecule has 2 amide bonds. The molecule has 0 unspecified atom stereocenters. The van der Waals surface area contributed by atoms with Crippen LogP contribution in [0.3, 0.4) is 0 Å². The van der Waals surface area contributed by atoms with Gasteiger partial charge in [-0.3, -0.25) is 10.1 Å². The molecule has 3 rings (SSSR count). The van der Waals surface area contributed by atoms with Crippen molar-refractivity contribution >= 4 is 23.9 Å². The summed E-state index contributed by atoms with van der Waals surface area (Å²) >= 11 is 0. The summed E-state index contributed by atoms with van der Waals surface area (Å²) < 4.78 is 54.8. The van der Waals surface area contributed by atoms with Crippen LogP contribution in [-0.2, 0) is 32.2 Å². The monoisotopic (exact) mass is 558 g/mol. The number of aliphatic imine (C=N–C) groups is 1. The summed E-state index contributed by atoms with van der Waals surface area (Å²) in [6.45, 7) is 7.28. The lowest BCUT2D eigenvalue weighted by Crippen LogP contribution is -2.47. The van der Waals surface area contributed by atoms with E-state index in [4.69, 9.17) is 14.2 Å². The van der Waals surface area contributed by atoms with E-state index < -0.39 is 41.9 Å². The summed E-state index contributed by atoms with van der Waals surface area (Å²) in [5.41, 5.74) is 0.767. The van der Waals surface area contributed by atoms with Gasteiger partial charge < -0.3 is 29.1 Å². The van der Waals surface area contributed by atoms with Gasteiger partial charge in [0.2, 0.25) is 5.96 Å². The minimum Gasteiger partial charge on any atom is -0.490 e. The molecule has 216 valence electrons. The molecule has 2 aliphatic heterocycles. The van der Waals surface area contributed by atoms with Crippen LogP contribution in [-0.4, -0.2) is 89.1 Å². The zero-order chi connectivity index (χ0) is 29.0. The fourth-order valence-electron chi connectivity index (χ4n) is 3.97. The minimum absolute atomic E-state index is 0.110. The van der Waals surface area contributed by atoms with Crippen molar-refractivity contribution in [1.82, 2.24) is 15.1 Å². The largest absolute Gasteiger partial charge is 0.490 e. The van der Waals surface area contributed by atoms with Crippen molar-refractivity contribution in [2.24, 2.45) is 4.99 Å². The molecule has 2 heterocycles. The fraction of sp³-hybridized carbons (Fsp3) is 0.600. The van der Waals surface area contributed by atoms with Gasteiger partial charge in [-0.15, -0.1) is 0 Å². The zero-order valence-corrected chi connectivity index (χ0v) is 22.2. The summed E-state index contributed by atoms with van der Waals surface area (Å²) in [5.74, 6) is -2.90. The van der Waals surface area contributed by atoms with E-state index in [1.165, 1.54) is 9.80 Å². The first-order chi connectivity index (χ1) is 18.2. The van der Waals surface area contributed by atoms with Crippen molar-refractivity contribution in [3.8, 4) is 5.75 Å². The second kappa shape index (κ2) is 12.1. The molecule has 0 radical (unpaired) electrons. The quantitative estimate of drug-likeness (QED) is 0.309. The Kier molecular flexibility index (Phi) is 9.30. The maximum Gasteiger partial charge on any atom is 0.471 e. The zero-order valence-electron chi connectivity index (χ0n) is 22.2. The van der Waals surface area contributed by atoms with Gasteiger partial charge in [-0.25, -0.2) is 14.6 Å². The number of ether oxygens (including phenoxy) is 3. The van der Waals surface area contributed by atoms with Gasteiger partial charge in [-0.2, -0.15) is 13.2 Å². The van der Waals surface area contributed by atoms with Crippen LogP contribution in [0, 0.1) is 0 Å². The number of aliphatic hydroxyl groups is 1. The second-order valence-electron chi connectivity index (χ2n) is 10.1. The van der Waals surface area contributed by atoms with E-state index in [9.17, 15) is 32.7 Å². The van der Waals surface area contributed by atoms with E-state index in [1.54, 1.807) is 45.9 Å². The van der Waals surface area contributed by atoms with E-state index in [-0.39, 0.29) is 38.8 Å². The van der Waals surface area contributed by atoms with Crippen molar-refractivity contribution in [2.75, 3.05) is 26.3 Å². The predicted molar refractivity (Wildman–Crippen MR) is 132 cm³/mol.